The summed E-state index contributed by atoms with van der Waals surface area (Å²) in [6.07, 6.45) is 0.797. The molecule has 3 rings (SSSR count). The van der Waals surface area contributed by atoms with Crippen LogP contribution in [-0.2, 0) is 6.42 Å². The Bertz CT molecular complexity index is 489. The highest BCUT2D eigenvalue weighted by molar-refractivity contribution is 7.99. The third-order valence-electron chi connectivity index (χ3n) is 3.43. The second kappa shape index (κ2) is 6.26. The van der Waals surface area contributed by atoms with Crippen molar-refractivity contribution in [2.45, 2.75) is 6.42 Å². The monoisotopic (exact) mass is 294 g/mol. The second-order valence-electron chi connectivity index (χ2n) is 4.77. The number of rotatable bonds is 3. The van der Waals surface area contributed by atoms with Crippen LogP contribution in [-0.4, -0.2) is 48.9 Å². The van der Waals surface area contributed by atoms with E-state index in [4.69, 9.17) is 9.47 Å². The zero-order chi connectivity index (χ0) is 13.8. The zero-order valence-electron chi connectivity index (χ0n) is 11.3. The van der Waals surface area contributed by atoms with Gasteiger partial charge in [0.05, 0.1) is 0 Å². The first kappa shape index (κ1) is 13.4. The van der Waals surface area contributed by atoms with Gasteiger partial charge >= 0.3 is 6.03 Å². The molecule has 1 aromatic carbocycles. The van der Waals surface area contributed by atoms with Crippen molar-refractivity contribution < 1.29 is 14.3 Å². The first-order valence-corrected chi connectivity index (χ1v) is 7.97. The maximum absolute atomic E-state index is 11.9. The summed E-state index contributed by atoms with van der Waals surface area (Å²) >= 11 is 1.90. The minimum absolute atomic E-state index is 0.0473. The number of ether oxygens (including phenoxy) is 2. The standard InChI is InChI=1S/C14H18N2O3S/c17-14(16-5-7-20-8-6-16)15-4-3-11-1-2-12-13(9-11)19-10-18-12/h1-2,9H,3-8,10H2,(H,15,17). The molecular weight excluding hydrogens is 276 g/mol. The lowest BCUT2D eigenvalue weighted by Gasteiger charge is -2.26. The van der Waals surface area contributed by atoms with Crippen LogP contribution in [0.5, 0.6) is 11.5 Å². The Morgan fingerprint density at radius 2 is 2.05 bits per heavy atom. The number of carbonyl (C=O) groups is 1. The van der Waals surface area contributed by atoms with E-state index in [-0.39, 0.29) is 6.03 Å². The van der Waals surface area contributed by atoms with Gasteiger partial charge in [0.15, 0.2) is 11.5 Å². The van der Waals surface area contributed by atoms with Gasteiger partial charge in [0, 0.05) is 31.1 Å². The second-order valence-corrected chi connectivity index (χ2v) is 5.99. The Balaban J connectivity index is 1.46. The van der Waals surface area contributed by atoms with Crippen LogP contribution >= 0.6 is 11.8 Å². The van der Waals surface area contributed by atoms with Crippen LogP contribution < -0.4 is 14.8 Å². The Kier molecular flexibility index (Phi) is 4.20. The first-order valence-electron chi connectivity index (χ1n) is 6.82. The lowest BCUT2D eigenvalue weighted by atomic mass is 10.1. The summed E-state index contributed by atoms with van der Waals surface area (Å²) < 4.78 is 10.6. The van der Waals surface area contributed by atoms with Crippen molar-refractivity contribution in [1.29, 1.82) is 0 Å². The number of urea groups is 1. The lowest BCUT2D eigenvalue weighted by molar-refractivity contribution is 0.174. The summed E-state index contributed by atoms with van der Waals surface area (Å²) in [7, 11) is 0. The van der Waals surface area contributed by atoms with Crippen molar-refractivity contribution in [2.24, 2.45) is 0 Å². The number of nitrogens with zero attached hydrogens (tertiary/aromatic N) is 1. The van der Waals surface area contributed by atoms with E-state index in [0.29, 0.717) is 13.3 Å². The average Bonchev–Trinajstić information content (AvgIpc) is 2.95. The van der Waals surface area contributed by atoms with E-state index in [9.17, 15) is 4.79 Å². The topological polar surface area (TPSA) is 50.8 Å². The number of carbonyl (C=O) groups excluding carboxylic acids is 1. The molecule has 0 bridgehead atoms. The fourth-order valence-corrected chi connectivity index (χ4v) is 3.19. The molecule has 1 aromatic rings. The number of nitrogens with one attached hydrogen (secondary N) is 1. The average molecular weight is 294 g/mol. The van der Waals surface area contributed by atoms with E-state index < -0.39 is 0 Å². The summed E-state index contributed by atoms with van der Waals surface area (Å²) in [5, 5.41) is 2.97. The Labute approximate surface area is 122 Å². The van der Waals surface area contributed by atoms with Gasteiger partial charge in [-0.05, 0) is 24.1 Å². The summed E-state index contributed by atoms with van der Waals surface area (Å²) in [6.45, 7) is 2.63. The highest BCUT2D eigenvalue weighted by Gasteiger charge is 2.16. The van der Waals surface area contributed by atoms with E-state index in [0.717, 1.165) is 48.1 Å². The van der Waals surface area contributed by atoms with Crippen LogP contribution in [0.25, 0.3) is 0 Å². The molecule has 5 nitrogen and oxygen atoms in total. The van der Waals surface area contributed by atoms with Crippen molar-refractivity contribution in [1.82, 2.24) is 10.2 Å². The fourth-order valence-electron chi connectivity index (χ4n) is 2.29. The molecule has 2 heterocycles. The highest BCUT2D eigenvalue weighted by Crippen LogP contribution is 2.32. The number of hydrogen-bond donors (Lipinski definition) is 1. The SMILES string of the molecule is O=C(NCCc1ccc2c(c1)OCO2)N1CCSCC1. The fraction of sp³-hybridized carbons (Fsp3) is 0.500. The largest absolute Gasteiger partial charge is 0.454 e. The van der Waals surface area contributed by atoms with Crippen LogP contribution in [0, 0.1) is 0 Å². The van der Waals surface area contributed by atoms with Gasteiger partial charge in [0.2, 0.25) is 6.79 Å². The van der Waals surface area contributed by atoms with Gasteiger partial charge < -0.3 is 19.7 Å². The molecule has 0 spiro atoms. The van der Waals surface area contributed by atoms with E-state index in [1.807, 2.05) is 34.9 Å². The molecule has 2 aliphatic heterocycles. The molecule has 0 radical (unpaired) electrons. The maximum Gasteiger partial charge on any atom is 0.317 e. The van der Waals surface area contributed by atoms with E-state index in [1.54, 1.807) is 0 Å². The normalized spacial score (nSPS) is 17.1. The third-order valence-corrected chi connectivity index (χ3v) is 4.37. The van der Waals surface area contributed by atoms with Crippen LogP contribution in [0.1, 0.15) is 5.56 Å². The molecule has 108 valence electrons. The summed E-state index contributed by atoms with van der Waals surface area (Å²) in [5.41, 5.74) is 1.14. The summed E-state index contributed by atoms with van der Waals surface area (Å²) in [5.74, 6) is 3.66. The smallest absolute Gasteiger partial charge is 0.317 e. The van der Waals surface area contributed by atoms with Crippen LogP contribution in [0.4, 0.5) is 4.79 Å². The molecule has 1 N–H and O–H groups in total. The summed E-state index contributed by atoms with van der Waals surface area (Å²) in [4.78, 5) is 13.8. The predicted octanol–water partition coefficient (Wildman–Crippen LogP) is 1.72. The number of benzene rings is 1. The van der Waals surface area contributed by atoms with E-state index in [2.05, 4.69) is 5.32 Å². The van der Waals surface area contributed by atoms with Crippen LogP contribution in [0.15, 0.2) is 18.2 Å². The number of amides is 2. The molecule has 2 aliphatic rings. The predicted molar refractivity (Wildman–Crippen MR) is 78.6 cm³/mol. The van der Waals surface area contributed by atoms with Gasteiger partial charge in [-0.25, -0.2) is 4.79 Å². The third kappa shape index (κ3) is 3.12. The van der Waals surface area contributed by atoms with Crippen LogP contribution in [0.3, 0.4) is 0 Å². The van der Waals surface area contributed by atoms with Crippen LogP contribution in [0.2, 0.25) is 0 Å². The minimum Gasteiger partial charge on any atom is -0.454 e. The Hall–Kier alpha value is -1.56. The maximum atomic E-state index is 11.9. The minimum atomic E-state index is 0.0473. The molecule has 0 aliphatic carbocycles. The van der Waals surface area contributed by atoms with Crippen molar-refractivity contribution in [3.8, 4) is 11.5 Å². The lowest BCUT2D eigenvalue weighted by Crippen LogP contribution is -2.44. The van der Waals surface area contributed by atoms with Gasteiger partial charge in [0.25, 0.3) is 0 Å². The van der Waals surface area contributed by atoms with E-state index >= 15 is 0 Å². The Morgan fingerprint density at radius 3 is 2.90 bits per heavy atom. The molecule has 1 saturated heterocycles. The van der Waals surface area contributed by atoms with E-state index in [1.165, 1.54) is 0 Å². The van der Waals surface area contributed by atoms with Crippen molar-refractivity contribution in [2.75, 3.05) is 37.9 Å². The van der Waals surface area contributed by atoms with Gasteiger partial charge in [-0.15, -0.1) is 0 Å². The van der Waals surface area contributed by atoms with Crippen molar-refractivity contribution in [3.05, 3.63) is 23.8 Å². The van der Waals surface area contributed by atoms with Gasteiger partial charge in [-0.1, -0.05) is 6.07 Å². The number of hydrogen-bond acceptors (Lipinski definition) is 4. The zero-order valence-corrected chi connectivity index (χ0v) is 12.1. The molecule has 6 heteroatoms. The van der Waals surface area contributed by atoms with Gasteiger partial charge in [-0.3, -0.25) is 0 Å². The molecule has 2 amide bonds. The van der Waals surface area contributed by atoms with Crippen molar-refractivity contribution >= 4 is 17.8 Å². The van der Waals surface area contributed by atoms with Gasteiger partial charge in [0.1, 0.15) is 0 Å². The molecule has 20 heavy (non-hydrogen) atoms. The molecule has 0 atom stereocenters. The highest BCUT2D eigenvalue weighted by atomic mass is 32.2. The molecular formula is C14H18N2O3S. The molecule has 0 saturated carbocycles. The number of fused-ring (bicyclic) bond motifs is 1. The van der Waals surface area contributed by atoms with Crippen molar-refractivity contribution in [3.63, 3.8) is 0 Å². The molecule has 0 aromatic heterocycles. The van der Waals surface area contributed by atoms with Gasteiger partial charge in [-0.2, -0.15) is 11.8 Å². The Morgan fingerprint density at radius 1 is 1.25 bits per heavy atom. The quantitative estimate of drug-likeness (QED) is 0.922. The summed E-state index contributed by atoms with van der Waals surface area (Å²) in [6, 6.07) is 5.95. The number of thioether (sulfide) groups is 1. The first-order chi connectivity index (χ1) is 9.83. The molecule has 0 unspecified atom stereocenters. The molecule has 1 fully saturated rings.